The van der Waals surface area contributed by atoms with Crippen molar-refractivity contribution in [2.75, 3.05) is 16.2 Å². The maximum Gasteiger partial charge on any atom is 0.264 e. The second-order valence-corrected chi connectivity index (χ2v) is 9.87. The first-order valence-electron chi connectivity index (χ1n) is 9.52. The molecule has 0 aliphatic carbocycles. The highest BCUT2D eigenvalue weighted by atomic mass is 35.5. The van der Waals surface area contributed by atoms with E-state index in [1.807, 2.05) is 6.92 Å². The fourth-order valence-corrected chi connectivity index (χ4v) is 4.90. The Bertz CT molecular complexity index is 1260. The Hall–Kier alpha value is -2.87. The summed E-state index contributed by atoms with van der Waals surface area (Å²) in [5.41, 5.74) is 1.84. The van der Waals surface area contributed by atoms with Crippen LogP contribution in [0.25, 0.3) is 0 Å². The molecule has 3 aromatic rings. The van der Waals surface area contributed by atoms with Gasteiger partial charge in [-0.05, 0) is 56.3 Å². The number of carbonyl (C=O) groups excluding carboxylic acids is 2. The number of nitrogens with one attached hydrogen (secondary N) is 1. The second kappa shape index (κ2) is 9.73. The Morgan fingerprint density at radius 1 is 0.938 bits per heavy atom. The average molecular weight is 491 g/mol. The first-order chi connectivity index (χ1) is 15.1. The van der Waals surface area contributed by atoms with Gasteiger partial charge >= 0.3 is 0 Å². The van der Waals surface area contributed by atoms with Gasteiger partial charge in [0.15, 0.2) is 5.78 Å². The first kappa shape index (κ1) is 23.8. The summed E-state index contributed by atoms with van der Waals surface area (Å²) in [6.07, 6.45) is 0. The predicted molar refractivity (Wildman–Crippen MR) is 127 cm³/mol. The van der Waals surface area contributed by atoms with Gasteiger partial charge in [0.25, 0.3) is 10.0 Å². The van der Waals surface area contributed by atoms with Crippen LogP contribution in [0.1, 0.15) is 22.8 Å². The normalized spacial score (nSPS) is 11.1. The fraction of sp³-hybridized carbons (Fsp3) is 0.130. The molecule has 166 valence electrons. The molecule has 0 atom stereocenters. The molecule has 0 radical (unpaired) electrons. The zero-order valence-corrected chi connectivity index (χ0v) is 19.6. The number of ketones is 1. The molecule has 0 unspecified atom stereocenters. The SMILES string of the molecule is CC(=O)c1cccc(NC(=O)CN(c2cc(Cl)cc(Cl)c2)S(=O)(=O)c2ccc(C)cc2)c1. The van der Waals surface area contributed by atoms with E-state index in [9.17, 15) is 18.0 Å². The molecule has 3 rings (SSSR count). The van der Waals surface area contributed by atoms with Crippen molar-refractivity contribution in [3.63, 3.8) is 0 Å². The van der Waals surface area contributed by atoms with Crippen molar-refractivity contribution in [2.24, 2.45) is 0 Å². The molecule has 0 aliphatic heterocycles. The van der Waals surface area contributed by atoms with Crippen molar-refractivity contribution in [1.29, 1.82) is 0 Å². The van der Waals surface area contributed by atoms with Crippen LogP contribution in [0.3, 0.4) is 0 Å². The van der Waals surface area contributed by atoms with Gasteiger partial charge in [-0.2, -0.15) is 0 Å². The summed E-state index contributed by atoms with van der Waals surface area (Å²) in [6.45, 7) is 2.73. The number of halogens is 2. The van der Waals surface area contributed by atoms with Crippen LogP contribution in [0, 0.1) is 6.92 Å². The summed E-state index contributed by atoms with van der Waals surface area (Å²) >= 11 is 12.2. The molecule has 0 heterocycles. The van der Waals surface area contributed by atoms with Gasteiger partial charge in [-0.15, -0.1) is 0 Å². The van der Waals surface area contributed by atoms with E-state index in [2.05, 4.69) is 5.32 Å². The monoisotopic (exact) mass is 490 g/mol. The van der Waals surface area contributed by atoms with Crippen molar-refractivity contribution in [1.82, 2.24) is 0 Å². The molecule has 32 heavy (non-hydrogen) atoms. The summed E-state index contributed by atoms with van der Waals surface area (Å²) in [7, 11) is -4.11. The van der Waals surface area contributed by atoms with Crippen LogP contribution in [0.4, 0.5) is 11.4 Å². The van der Waals surface area contributed by atoms with Gasteiger partial charge in [0, 0.05) is 21.3 Å². The summed E-state index contributed by atoms with van der Waals surface area (Å²) in [5, 5.41) is 3.09. The molecule has 6 nitrogen and oxygen atoms in total. The number of hydrogen-bond acceptors (Lipinski definition) is 4. The minimum absolute atomic E-state index is 0.0191. The van der Waals surface area contributed by atoms with Gasteiger partial charge in [-0.25, -0.2) is 8.42 Å². The molecule has 1 N–H and O–H groups in total. The number of sulfonamides is 1. The number of amides is 1. The number of hydrogen-bond donors (Lipinski definition) is 1. The predicted octanol–water partition coefficient (Wildman–Crippen LogP) is 5.34. The van der Waals surface area contributed by atoms with Crippen molar-refractivity contribution >= 4 is 56.3 Å². The molecule has 1 amide bonds. The third-order valence-electron chi connectivity index (χ3n) is 4.58. The lowest BCUT2D eigenvalue weighted by atomic mass is 10.1. The number of aryl methyl sites for hydroxylation is 1. The molecular weight excluding hydrogens is 471 g/mol. The standard InChI is InChI=1S/C23H20Cl2N2O4S/c1-15-6-8-22(9-7-15)32(30,31)27(21-12-18(24)11-19(25)13-21)14-23(29)26-20-5-3-4-17(10-20)16(2)28/h3-13H,14H2,1-2H3,(H,26,29). The Kier molecular flexibility index (Phi) is 7.23. The van der Waals surface area contributed by atoms with E-state index in [0.29, 0.717) is 11.3 Å². The molecule has 0 spiro atoms. The van der Waals surface area contributed by atoms with Crippen molar-refractivity contribution in [3.05, 3.63) is 87.9 Å². The van der Waals surface area contributed by atoms with Gasteiger partial charge in [-0.1, -0.05) is 53.0 Å². The highest BCUT2D eigenvalue weighted by molar-refractivity contribution is 7.92. The average Bonchev–Trinajstić information content (AvgIpc) is 2.71. The van der Waals surface area contributed by atoms with Gasteiger partial charge in [-0.3, -0.25) is 13.9 Å². The Balaban J connectivity index is 1.97. The number of anilines is 2. The lowest BCUT2D eigenvalue weighted by Gasteiger charge is -2.24. The molecule has 0 aromatic heterocycles. The second-order valence-electron chi connectivity index (χ2n) is 7.14. The van der Waals surface area contributed by atoms with Gasteiger partial charge < -0.3 is 5.32 Å². The summed E-state index contributed by atoms with van der Waals surface area (Å²) in [6, 6.07) is 17.0. The van der Waals surface area contributed by atoms with Crippen molar-refractivity contribution in [3.8, 4) is 0 Å². The minimum atomic E-state index is -4.11. The lowest BCUT2D eigenvalue weighted by Crippen LogP contribution is -2.38. The molecular formula is C23H20Cl2N2O4S. The Labute approximate surface area is 196 Å². The number of Topliss-reactive ketones (excluding diaryl/α,β-unsaturated/α-hetero) is 1. The van der Waals surface area contributed by atoms with Gasteiger partial charge in [0.2, 0.25) is 5.91 Å². The molecule has 3 aromatic carbocycles. The summed E-state index contributed by atoms with van der Waals surface area (Å²) in [4.78, 5) is 24.4. The topological polar surface area (TPSA) is 83.6 Å². The molecule has 9 heteroatoms. The minimum Gasteiger partial charge on any atom is -0.324 e. The highest BCUT2D eigenvalue weighted by Crippen LogP contribution is 2.30. The smallest absolute Gasteiger partial charge is 0.264 e. The van der Waals surface area contributed by atoms with E-state index in [0.717, 1.165) is 9.87 Å². The zero-order valence-electron chi connectivity index (χ0n) is 17.3. The van der Waals surface area contributed by atoms with Crippen LogP contribution in [0.15, 0.2) is 71.6 Å². The molecule has 0 saturated carbocycles. The van der Waals surface area contributed by atoms with Crippen molar-refractivity contribution < 1.29 is 18.0 Å². The van der Waals surface area contributed by atoms with Crippen LogP contribution >= 0.6 is 23.2 Å². The van der Waals surface area contributed by atoms with Crippen LogP contribution < -0.4 is 9.62 Å². The number of benzene rings is 3. The van der Waals surface area contributed by atoms with E-state index < -0.39 is 22.5 Å². The Morgan fingerprint density at radius 3 is 2.16 bits per heavy atom. The molecule has 0 saturated heterocycles. The van der Waals surface area contributed by atoms with Gasteiger partial charge in [0.05, 0.1) is 10.6 Å². The van der Waals surface area contributed by atoms with E-state index in [4.69, 9.17) is 23.2 Å². The van der Waals surface area contributed by atoms with Crippen LogP contribution in [-0.2, 0) is 14.8 Å². The summed E-state index contributed by atoms with van der Waals surface area (Å²) < 4.78 is 27.8. The lowest BCUT2D eigenvalue weighted by molar-refractivity contribution is -0.114. The van der Waals surface area contributed by atoms with Crippen LogP contribution in [0.2, 0.25) is 10.0 Å². The van der Waals surface area contributed by atoms with E-state index in [1.165, 1.54) is 43.3 Å². The number of rotatable bonds is 7. The first-order valence-corrected chi connectivity index (χ1v) is 11.7. The number of carbonyl (C=O) groups is 2. The van der Waals surface area contributed by atoms with Crippen LogP contribution in [0.5, 0.6) is 0 Å². The maximum absolute atomic E-state index is 13.4. The quantitative estimate of drug-likeness (QED) is 0.453. The van der Waals surface area contributed by atoms with E-state index >= 15 is 0 Å². The van der Waals surface area contributed by atoms with Crippen molar-refractivity contribution in [2.45, 2.75) is 18.7 Å². The van der Waals surface area contributed by atoms with Gasteiger partial charge in [0.1, 0.15) is 6.54 Å². The number of nitrogens with zero attached hydrogens (tertiary/aromatic N) is 1. The van der Waals surface area contributed by atoms with Crippen LogP contribution in [-0.4, -0.2) is 26.7 Å². The molecule has 0 bridgehead atoms. The molecule has 0 aliphatic rings. The van der Waals surface area contributed by atoms with E-state index in [-0.39, 0.29) is 26.4 Å². The summed E-state index contributed by atoms with van der Waals surface area (Å²) in [5.74, 6) is -0.754. The third-order valence-corrected chi connectivity index (χ3v) is 6.81. The molecule has 0 fully saturated rings. The Morgan fingerprint density at radius 2 is 1.56 bits per heavy atom. The maximum atomic E-state index is 13.4. The van der Waals surface area contributed by atoms with E-state index in [1.54, 1.807) is 30.3 Å². The third kappa shape index (κ3) is 5.68. The largest absolute Gasteiger partial charge is 0.324 e. The zero-order chi connectivity index (χ0) is 23.5. The fourth-order valence-electron chi connectivity index (χ4n) is 2.98. The highest BCUT2D eigenvalue weighted by Gasteiger charge is 2.28.